The van der Waals surface area contributed by atoms with E-state index in [1.807, 2.05) is 31.2 Å². The summed E-state index contributed by atoms with van der Waals surface area (Å²) >= 11 is 6.33. The second-order valence-electron chi connectivity index (χ2n) is 6.75. The SMILES string of the molecule is Cc1cccc(C(=O)Nc2cc(N3CCCC[C@H]3C)c(N)cc2Cl)c1. The largest absolute Gasteiger partial charge is 0.397 e. The Kier molecular flexibility index (Phi) is 5.19. The minimum atomic E-state index is -0.173. The number of amides is 1. The van der Waals surface area contributed by atoms with Gasteiger partial charge in [-0.15, -0.1) is 0 Å². The van der Waals surface area contributed by atoms with Gasteiger partial charge < -0.3 is 16.0 Å². The molecule has 1 aliphatic heterocycles. The molecule has 1 aliphatic rings. The third-order valence-corrected chi connectivity index (χ3v) is 5.07. The van der Waals surface area contributed by atoms with Crippen LogP contribution in [0.3, 0.4) is 0 Å². The van der Waals surface area contributed by atoms with Crippen LogP contribution in [-0.4, -0.2) is 18.5 Å². The summed E-state index contributed by atoms with van der Waals surface area (Å²) in [7, 11) is 0. The van der Waals surface area contributed by atoms with Crippen LogP contribution in [0.1, 0.15) is 42.1 Å². The average molecular weight is 358 g/mol. The zero-order valence-corrected chi connectivity index (χ0v) is 15.4. The maximum Gasteiger partial charge on any atom is 0.255 e. The molecule has 3 N–H and O–H groups in total. The highest BCUT2D eigenvalue weighted by atomic mass is 35.5. The van der Waals surface area contributed by atoms with Crippen molar-refractivity contribution in [2.45, 2.75) is 39.2 Å². The Morgan fingerprint density at radius 3 is 2.80 bits per heavy atom. The third kappa shape index (κ3) is 3.90. The number of rotatable bonds is 3. The molecule has 5 heteroatoms. The van der Waals surface area contributed by atoms with Gasteiger partial charge in [-0.2, -0.15) is 0 Å². The number of hydrogen-bond acceptors (Lipinski definition) is 3. The van der Waals surface area contributed by atoms with Crippen LogP contribution in [0.5, 0.6) is 0 Å². The number of hydrogen-bond donors (Lipinski definition) is 2. The number of carbonyl (C=O) groups excluding carboxylic acids is 1. The molecular weight excluding hydrogens is 334 g/mol. The standard InChI is InChI=1S/C20H24ClN3O/c1-13-6-5-8-15(10-13)20(25)23-18-12-19(17(22)11-16(18)21)24-9-4-3-7-14(24)2/h5-6,8,10-12,14H,3-4,7,9,22H2,1-2H3,(H,23,25)/t14-/m1/s1. The topological polar surface area (TPSA) is 58.4 Å². The predicted molar refractivity (Wildman–Crippen MR) is 106 cm³/mol. The fraction of sp³-hybridized carbons (Fsp3) is 0.350. The van der Waals surface area contributed by atoms with Crippen LogP contribution < -0.4 is 16.0 Å². The number of benzene rings is 2. The number of anilines is 3. The van der Waals surface area contributed by atoms with Crippen molar-refractivity contribution >= 4 is 34.6 Å². The molecule has 0 aliphatic carbocycles. The fourth-order valence-electron chi connectivity index (χ4n) is 3.36. The van der Waals surface area contributed by atoms with Crippen LogP contribution in [-0.2, 0) is 0 Å². The molecule has 25 heavy (non-hydrogen) atoms. The minimum absolute atomic E-state index is 0.173. The summed E-state index contributed by atoms with van der Waals surface area (Å²) in [5.74, 6) is -0.173. The summed E-state index contributed by atoms with van der Waals surface area (Å²) in [6.07, 6.45) is 3.53. The Bertz CT molecular complexity index is 791. The molecule has 1 fully saturated rings. The highest BCUT2D eigenvalue weighted by Gasteiger charge is 2.22. The number of piperidine rings is 1. The predicted octanol–water partition coefficient (Wildman–Crippen LogP) is 4.86. The van der Waals surface area contributed by atoms with E-state index in [2.05, 4.69) is 17.1 Å². The molecule has 0 spiro atoms. The van der Waals surface area contributed by atoms with Crippen molar-refractivity contribution in [3.63, 3.8) is 0 Å². The summed E-state index contributed by atoms with van der Waals surface area (Å²) < 4.78 is 0. The van der Waals surface area contributed by atoms with E-state index >= 15 is 0 Å². The van der Waals surface area contributed by atoms with Crippen molar-refractivity contribution in [2.24, 2.45) is 0 Å². The molecule has 0 aromatic heterocycles. The molecule has 0 unspecified atom stereocenters. The summed E-state index contributed by atoms with van der Waals surface area (Å²) in [6.45, 7) is 5.14. The van der Waals surface area contributed by atoms with Crippen molar-refractivity contribution in [1.29, 1.82) is 0 Å². The highest BCUT2D eigenvalue weighted by molar-refractivity contribution is 6.34. The van der Waals surface area contributed by atoms with Crippen LogP contribution in [0.4, 0.5) is 17.1 Å². The van der Waals surface area contributed by atoms with Gasteiger partial charge in [-0.05, 0) is 57.4 Å². The summed E-state index contributed by atoms with van der Waals surface area (Å²) in [6, 6.07) is 11.5. The van der Waals surface area contributed by atoms with Gasteiger partial charge in [0.2, 0.25) is 0 Å². The zero-order chi connectivity index (χ0) is 18.0. The van der Waals surface area contributed by atoms with Gasteiger partial charge >= 0.3 is 0 Å². The smallest absolute Gasteiger partial charge is 0.255 e. The van der Waals surface area contributed by atoms with Gasteiger partial charge in [0, 0.05) is 18.2 Å². The zero-order valence-electron chi connectivity index (χ0n) is 14.7. The second-order valence-corrected chi connectivity index (χ2v) is 7.16. The summed E-state index contributed by atoms with van der Waals surface area (Å²) in [5.41, 5.74) is 10.0. The normalized spacial score (nSPS) is 17.4. The van der Waals surface area contributed by atoms with Gasteiger partial charge in [-0.25, -0.2) is 0 Å². The summed E-state index contributed by atoms with van der Waals surface area (Å²) in [5, 5.41) is 3.37. The highest BCUT2D eigenvalue weighted by Crippen LogP contribution is 2.36. The number of nitrogens with zero attached hydrogens (tertiary/aromatic N) is 1. The van der Waals surface area contributed by atoms with E-state index in [-0.39, 0.29) is 5.91 Å². The maximum atomic E-state index is 12.5. The van der Waals surface area contributed by atoms with Crippen LogP contribution in [0, 0.1) is 6.92 Å². The third-order valence-electron chi connectivity index (χ3n) is 4.76. The Morgan fingerprint density at radius 2 is 2.08 bits per heavy atom. The first-order valence-electron chi connectivity index (χ1n) is 8.69. The minimum Gasteiger partial charge on any atom is -0.397 e. The van der Waals surface area contributed by atoms with Gasteiger partial charge in [0.1, 0.15) is 0 Å². The van der Waals surface area contributed by atoms with E-state index in [9.17, 15) is 4.79 Å². The van der Waals surface area contributed by atoms with Gasteiger partial charge in [-0.1, -0.05) is 29.3 Å². The molecule has 3 rings (SSSR count). The molecule has 1 atom stereocenters. The van der Waals surface area contributed by atoms with Gasteiger partial charge in [0.05, 0.1) is 22.1 Å². The molecule has 0 radical (unpaired) electrons. The molecule has 1 saturated heterocycles. The molecule has 4 nitrogen and oxygen atoms in total. The molecule has 0 saturated carbocycles. The lowest BCUT2D eigenvalue weighted by atomic mass is 10.0. The Morgan fingerprint density at radius 1 is 1.28 bits per heavy atom. The number of halogens is 1. The number of nitrogen functional groups attached to an aromatic ring is 1. The molecule has 2 aromatic rings. The molecule has 1 amide bonds. The van der Waals surface area contributed by atoms with E-state index in [4.69, 9.17) is 17.3 Å². The molecular formula is C20H24ClN3O. The van der Waals surface area contributed by atoms with Gasteiger partial charge in [-0.3, -0.25) is 4.79 Å². The number of carbonyl (C=O) groups is 1. The molecule has 0 bridgehead atoms. The monoisotopic (exact) mass is 357 g/mol. The van der Waals surface area contributed by atoms with E-state index in [0.717, 1.165) is 30.6 Å². The summed E-state index contributed by atoms with van der Waals surface area (Å²) in [4.78, 5) is 14.8. The number of nitrogens with one attached hydrogen (secondary N) is 1. The lowest BCUT2D eigenvalue weighted by Gasteiger charge is -2.36. The lowest BCUT2D eigenvalue weighted by molar-refractivity contribution is 0.102. The quantitative estimate of drug-likeness (QED) is 0.771. The van der Waals surface area contributed by atoms with Crippen molar-refractivity contribution in [1.82, 2.24) is 0 Å². The first-order valence-corrected chi connectivity index (χ1v) is 9.07. The average Bonchev–Trinajstić information content (AvgIpc) is 2.58. The number of aryl methyl sites for hydroxylation is 1. The van der Waals surface area contributed by atoms with E-state index in [1.165, 1.54) is 6.42 Å². The van der Waals surface area contributed by atoms with Crippen LogP contribution in [0.15, 0.2) is 36.4 Å². The van der Waals surface area contributed by atoms with E-state index < -0.39 is 0 Å². The van der Waals surface area contributed by atoms with Crippen LogP contribution in [0.25, 0.3) is 0 Å². The van der Waals surface area contributed by atoms with E-state index in [1.54, 1.807) is 12.1 Å². The van der Waals surface area contributed by atoms with Crippen molar-refractivity contribution < 1.29 is 4.79 Å². The van der Waals surface area contributed by atoms with Crippen LogP contribution in [0.2, 0.25) is 5.02 Å². The van der Waals surface area contributed by atoms with Crippen molar-refractivity contribution in [3.05, 3.63) is 52.5 Å². The molecule has 1 heterocycles. The molecule has 132 valence electrons. The first kappa shape index (κ1) is 17.6. The number of nitrogens with two attached hydrogens (primary N) is 1. The molecule has 2 aromatic carbocycles. The van der Waals surface area contributed by atoms with Gasteiger partial charge in [0.25, 0.3) is 5.91 Å². The fourth-order valence-corrected chi connectivity index (χ4v) is 3.58. The van der Waals surface area contributed by atoms with Gasteiger partial charge in [0.15, 0.2) is 0 Å². The first-order chi connectivity index (χ1) is 12.0. The van der Waals surface area contributed by atoms with Crippen molar-refractivity contribution in [3.8, 4) is 0 Å². The second kappa shape index (κ2) is 7.36. The Labute approximate surface area is 154 Å². The maximum absolute atomic E-state index is 12.5. The van der Waals surface area contributed by atoms with Crippen LogP contribution >= 0.6 is 11.6 Å². The van der Waals surface area contributed by atoms with Crippen molar-refractivity contribution in [2.75, 3.05) is 22.5 Å². The van der Waals surface area contributed by atoms with E-state index in [0.29, 0.717) is 28.0 Å². The lowest BCUT2D eigenvalue weighted by Crippen LogP contribution is -2.37. The Balaban J connectivity index is 1.88. The Hall–Kier alpha value is -2.20.